The summed E-state index contributed by atoms with van der Waals surface area (Å²) in [6.07, 6.45) is -0.0382. The smallest absolute Gasteiger partial charge is 0.350 e. The first kappa shape index (κ1) is 14.9. The standard InChI is InChI=1S/C13H15Cl2N3O2/c1-7(2)20-12-6-11(9(14)5-10(12)15)18-13(19)17(4)8(3)16-18/h5-7H,1-4H3. The van der Waals surface area contributed by atoms with Crippen molar-refractivity contribution >= 4 is 23.2 Å². The number of aromatic nitrogens is 3. The van der Waals surface area contributed by atoms with Crippen molar-refractivity contribution in [2.75, 3.05) is 0 Å². The molecule has 0 spiro atoms. The Morgan fingerprint density at radius 3 is 2.40 bits per heavy atom. The lowest BCUT2D eigenvalue weighted by Crippen LogP contribution is -2.22. The van der Waals surface area contributed by atoms with Gasteiger partial charge in [0.25, 0.3) is 0 Å². The van der Waals surface area contributed by atoms with E-state index in [9.17, 15) is 4.79 Å². The zero-order valence-corrected chi connectivity index (χ0v) is 13.2. The molecule has 0 aliphatic carbocycles. The zero-order chi connectivity index (χ0) is 15.0. The maximum atomic E-state index is 12.1. The predicted molar refractivity (Wildman–Crippen MR) is 79.3 cm³/mol. The van der Waals surface area contributed by atoms with Gasteiger partial charge in [-0.1, -0.05) is 23.2 Å². The summed E-state index contributed by atoms with van der Waals surface area (Å²) >= 11 is 12.2. The number of hydrogen-bond acceptors (Lipinski definition) is 3. The van der Waals surface area contributed by atoms with Crippen molar-refractivity contribution in [2.24, 2.45) is 7.05 Å². The van der Waals surface area contributed by atoms with Gasteiger partial charge in [-0.2, -0.15) is 9.78 Å². The van der Waals surface area contributed by atoms with Gasteiger partial charge in [-0.05, 0) is 26.8 Å². The first-order chi connectivity index (χ1) is 9.31. The molecule has 0 fully saturated rings. The van der Waals surface area contributed by atoms with Crippen molar-refractivity contribution in [3.8, 4) is 11.4 Å². The molecule has 2 aromatic rings. The molecule has 1 aromatic carbocycles. The molecule has 2 rings (SSSR count). The molecule has 0 radical (unpaired) electrons. The highest BCUT2D eigenvalue weighted by molar-refractivity contribution is 6.36. The average Bonchev–Trinajstić information content (AvgIpc) is 2.60. The molecule has 0 saturated heterocycles. The number of nitrogens with zero attached hydrogens (tertiary/aromatic N) is 3. The molecule has 0 unspecified atom stereocenters. The van der Waals surface area contributed by atoms with E-state index in [4.69, 9.17) is 27.9 Å². The van der Waals surface area contributed by atoms with E-state index in [1.165, 1.54) is 9.25 Å². The van der Waals surface area contributed by atoms with Crippen LogP contribution in [-0.4, -0.2) is 20.5 Å². The fraction of sp³-hybridized carbons (Fsp3) is 0.385. The summed E-state index contributed by atoms with van der Waals surface area (Å²) in [4.78, 5) is 12.1. The summed E-state index contributed by atoms with van der Waals surface area (Å²) in [6.45, 7) is 5.52. The zero-order valence-electron chi connectivity index (χ0n) is 11.6. The third-order valence-electron chi connectivity index (χ3n) is 2.79. The van der Waals surface area contributed by atoms with E-state index >= 15 is 0 Å². The van der Waals surface area contributed by atoms with Crippen LogP contribution in [-0.2, 0) is 7.05 Å². The molecule has 0 aliphatic rings. The number of benzene rings is 1. The molecule has 0 N–H and O–H groups in total. The van der Waals surface area contributed by atoms with E-state index in [1.807, 2.05) is 13.8 Å². The van der Waals surface area contributed by atoms with Gasteiger partial charge in [0.2, 0.25) is 0 Å². The van der Waals surface area contributed by atoms with Crippen molar-refractivity contribution < 1.29 is 4.74 Å². The molecule has 0 amide bonds. The Morgan fingerprint density at radius 1 is 1.25 bits per heavy atom. The fourth-order valence-electron chi connectivity index (χ4n) is 1.72. The predicted octanol–water partition coefficient (Wildman–Crippen LogP) is 2.97. The summed E-state index contributed by atoms with van der Waals surface area (Å²) < 4.78 is 8.27. The molecule has 0 saturated carbocycles. The Bertz CT molecular complexity index is 704. The monoisotopic (exact) mass is 315 g/mol. The second kappa shape index (κ2) is 5.50. The Kier molecular flexibility index (Phi) is 4.11. The van der Waals surface area contributed by atoms with Crippen LogP contribution >= 0.6 is 23.2 Å². The SMILES string of the molecule is Cc1nn(-c2cc(OC(C)C)c(Cl)cc2Cl)c(=O)n1C. The topological polar surface area (TPSA) is 49.1 Å². The number of aryl methyl sites for hydroxylation is 1. The molecule has 7 heteroatoms. The average molecular weight is 316 g/mol. The highest BCUT2D eigenvalue weighted by atomic mass is 35.5. The number of halogens is 2. The van der Waals surface area contributed by atoms with Gasteiger partial charge in [0.1, 0.15) is 11.6 Å². The van der Waals surface area contributed by atoms with E-state index in [1.54, 1.807) is 26.1 Å². The van der Waals surface area contributed by atoms with E-state index in [2.05, 4.69) is 5.10 Å². The fourth-order valence-corrected chi connectivity index (χ4v) is 2.22. The molecule has 0 atom stereocenters. The van der Waals surface area contributed by atoms with E-state index in [-0.39, 0.29) is 11.8 Å². The molecule has 108 valence electrons. The third-order valence-corrected chi connectivity index (χ3v) is 3.39. The largest absolute Gasteiger partial charge is 0.489 e. The van der Waals surface area contributed by atoms with Crippen LogP contribution in [0, 0.1) is 6.92 Å². The Labute approximate surface area is 126 Å². The van der Waals surface area contributed by atoms with Crippen molar-refractivity contribution in [2.45, 2.75) is 26.9 Å². The summed E-state index contributed by atoms with van der Waals surface area (Å²) in [5.41, 5.74) is 0.169. The van der Waals surface area contributed by atoms with Crippen molar-refractivity contribution in [1.29, 1.82) is 0 Å². The summed E-state index contributed by atoms with van der Waals surface area (Å²) in [7, 11) is 1.65. The number of rotatable bonds is 3. The molecule has 5 nitrogen and oxygen atoms in total. The van der Waals surface area contributed by atoms with Gasteiger partial charge in [0.05, 0.1) is 21.8 Å². The maximum Gasteiger partial charge on any atom is 0.350 e. The van der Waals surface area contributed by atoms with Crippen LogP contribution in [0.2, 0.25) is 10.0 Å². The normalized spacial score (nSPS) is 11.2. The van der Waals surface area contributed by atoms with Crippen molar-refractivity contribution in [3.05, 3.63) is 38.5 Å². The minimum atomic E-state index is -0.276. The van der Waals surface area contributed by atoms with Gasteiger partial charge in [-0.3, -0.25) is 4.57 Å². The van der Waals surface area contributed by atoms with Gasteiger partial charge in [-0.25, -0.2) is 4.79 Å². The summed E-state index contributed by atoms with van der Waals surface area (Å²) in [5, 5.41) is 4.91. The van der Waals surface area contributed by atoms with Crippen molar-refractivity contribution in [3.63, 3.8) is 0 Å². The molecule has 0 aliphatic heterocycles. The molecular formula is C13H15Cl2N3O2. The van der Waals surface area contributed by atoms with Crippen LogP contribution in [0.25, 0.3) is 5.69 Å². The van der Waals surface area contributed by atoms with Crippen LogP contribution in [0.4, 0.5) is 0 Å². The Hall–Kier alpha value is -1.46. The van der Waals surface area contributed by atoms with Gasteiger partial charge in [0, 0.05) is 13.1 Å². The van der Waals surface area contributed by atoms with Crippen LogP contribution in [0.15, 0.2) is 16.9 Å². The maximum absolute atomic E-state index is 12.1. The quantitative estimate of drug-likeness (QED) is 0.875. The van der Waals surface area contributed by atoms with E-state index in [0.717, 1.165) is 0 Å². The highest BCUT2D eigenvalue weighted by Crippen LogP contribution is 2.33. The number of hydrogen-bond donors (Lipinski definition) is 0. The first-order valence-corrected chi connectivity index (χ1v) is 6.85. The second-order valence-electron chi connectivity index (χ2n) is 4.70. The highest BCUT2D eigenvalue weighted by Gasteiger charge is 2.15. The van der Waals surface area contributed by atoms with Gasteiger partial charge >= 0.3 is 5.69 Å². The van der Waals surface area contributed by atoms with Crippen LogP contribution < -0.4 is 10.4 Å². The third kappa shape index (κ3) is 2.69. The second-order valence-corrected chi connectivity index (χ2v) is 5.52. The molecule has 20 heavy (non-hydrogen) atoms. The minimum absolute atomic E-state index is 0.0382. The van der Waals surface area contributed by atoms with Crippen molar-refractivity contribution in [1.82, 2.24) is 14.3 Å². The lowest BCUT2D eigenvalue weighted by Gasteiger charge is -2.13. The lowest BCUT2D eigenvalue weighted by atomic mass is 10.3. The minimum Gasteiger partial charge on any atom is -0.489 e. The molecule has 0 bridgehead atoms. The summed E-state index contributed by atoms with van der Waals surface area (Å²) in [6, 6.07) is 3.17. The van der Waals surface area contributed by atoms with Gasteiger partial charge in [0.15, 0.2) is 0 Å². The van der Waals surface area contributed by atoms with Crippen LogP contribution in [0.5, 0.6) is 5.75 Å². The van der Waals surface area contributed by atoms with E-state index in [0.29, 0.717) is 27.3 Å². The molecule has 1 heterocycles. The van der Waals surface area contributed by atoms with E-state index < -0.39 is 0 Å². The Balaban J connectivity index is 2.62. The molecular weight excluding hydrogens is 301 g/mol. The molecule has 1 aromatic heterocycles. The number of ether oxygens (including phenoxy) is 1. The van der Waals surface area contributed by atoms with Gasteiger partial charge in [-0.15, -0.1) is 0 Å². The van der Waals surface area contributed by atoms with Gasteiger partial charge < -0.3 is 4.74 Å². The van der Waals surface area contributed by atoms with Crippen LogP contribution in [0.1, 0.15) is 19.7 Å². The Morgan fingerprint density at radius 2 is 1.90 bits per heavy atom. The summed E-state index contributed by atoms with van der Waals surface area (Å²) in [5.74, 6) is 1.06. The lowest BCUT2D eigenvalue weighted by molar-refractivity contribution is 0.242. The first-order valence-electron chi connectivity index (χ1n) is 6.10. The van der Waals surface area contributed by atoms with Crippen LogP contribution in [0.3, 0.4) is 0 Å².